The summed E-state index contributed by atoms with van der Waals surface area (Å²) < 4.78 is 0. The molecule has 0 bridgehead atoms. The zero-order valence-corrected chi connectivity index (χ0v) is 11.2. The van der Waals surface area contributed by atoms with Crippen LogP contribution in [0.15, 0.2) is 65.8 Å². The largest absolute Gasteiger partial charge is 0.308 e. The molecule has 0 unspecified atom stereocenters. The van der Waals surface area contributed by atoms with Crippen molar-refractivity contribution in [3.63, 3.8) is 0 Å². The first-order valence-corrected chi connectivity index (χ1v) is 6.56. The van der Waals surface area contributed by atoms with Crippen LogP contribution in [0.4, 0.5) is 5.69 Å². The molecule has 0 spiro atoms. The van der Waals surface area contributed by atoms with Gasteiger partial charge in [-0.25, -0.2) is 0 Å². The fourth-order valence-corrected chi connectivity index (χ4v) is 2.06. The molecule has 1 N–H and O–H groups in total. The lowest BCUT2D eigenvalue weighted by Crippen LogP contribution is -2.29. The molecule has 5 nitrogen and oxygen atoms in total. The molecule has 0 saturated heterocycles. The van der Waals surface area contributed by atoms with Gasteiger partial charge >= 0.3 is 0 Å². The maximum absolute atomic E-state index is 12.0. The highest BCUT2D eigenvalue weighted by molar-refractivity contribution is 6.17. The SMILES string of the molecule is O=C(NC1=NN(c2ccccc2)C(=O)C1)c1ccccc1. The number of amides is 2. The predicted octanol–water partition coefficient (Wildman–Crippen LogP) is 2.17. The van der Waals surface area contributed by atoms with Crippen molar-refractivity contribution in [3.8, 4) is 0 Å². The van der Waals surface area contributed by atoms with E-state index in [4.69, 9.17) is 0 Å². The van der Waals surface area contributed by atoms with Crippen LogP contribution < -0.4 is 10.3 Å². The van der Waals surface area contributed by atoms with Crippen molar-refractivity contribution in [2.75, 3.05) is 5.01 Å². The average molecular weight is 279 g/mol. The van der Waals surface area contributed by atoms with Gasteiger partial charge in [-0.2, -0.15) is 10.1 Å². The summed E-state index contributed by atoms with van der Waals surface area (Å²) in [6.45, 7) is 0. The van der Waals surface area contributed by atoms with E-state index in [1.54, 1.807) is 36.4 Å². The van der Waals surface area contributed by atoms with Gasteiger partial charge < -0.3 is 5.32 Å². The van der Waals surface area contributed by atoms with E-state index in [0.29, 0.717) is 17.1 Å². The number of rotatable bonds is 2. The Morgan fingerprint density at radius 2 is 1.62 bits per heavy atom. The van der Waals surface area contributed by atoms with Crippen molar-refractivity contribution >= 4 is 23.3 Å². The standard InChI is InChI=1S/C16H13N3O2/c20-15-11-14(17-16(21)12-7-3-1-4-8-12)18-19(15)13-9-5-2-6-10-13/h1-10H,11H2,(H,17,18,21). The fraction of sp³-hybridized carbons (Fsp3) is 0.0625. The third kappa shape index (κ3) is 2.81. The number of carbonyl (C=O) groups excluding carboxylic acids is 2. The van der Waals surface area contributed by atoms with Crippen molar-refractivity contribution in [1.82, 2.24) is 5.32 Å². The van der Waals surface area contributed by atoms with E-state index in [-0.39, 0.29) is 18.2 Å². The summed E-state index contributed by atoms with van der Waals surface area (Å²) in [5.74, 6) is -0.0701. The molecule has 0 aromatic heterocycles. The zero-order valence-electron chi connectivity index (χ0n) is 11.2. The number of hydrogen-bond acceptors (Lipinski definition) is 3. The maximum atomic E-state index is 12.0. The van der Waals surface area contributed by atoms with Gasteiger partial charge in [0.05, 0.1) is 12.1 Å². The highest BCUT2D eigenvalue weighted by atomic mass is 16.2. The van der Waals surface area contributed by atoms with Crippen LogP contribution >= 0.6 is 0 Å². The number of hydrogen-bond donors (Lipinski definition) is 1. The number of benzene rings is 2. The number of para-hydroxylation sites is 1. The van der Waals surface area contributed by atoms with Crippen molar-refractivity contribution in [1.29, 1.82) is 0 Å². The smallest absolute Gasteiger partial charge is 0.256 e. The number of amidine groups is 1. The Kier molecular flexibility index (Phi) is 3.47. The summed E-state index contributed by atoms with van der Waals surface area (Å²) in [4.78, 5) is 24.0. The van der Waals surface area contributed by atoms with Gasteiger partial charge in [-0.1, -0.05) is 36.4 Å². The first-order chi connectivity index (χ1) is 10.2. The van der Waals surface area contributed by atoms with Crippen LogP contribution in [0.3, 0.4) is 0 Å². The van der Waals surface area contributed by atoms with Crippen LogP contribution in [0.25, 0.3) is 0 Å². The molecule has 3 rings (SSSR count). The molecule has 0 fully saturated rings. The lowest BCUT2D eigenvalue weighted by atomic mass is 10.2. The number of nitrogens with zero attached hydrogens (tertiary/aromatic N) is 2. The minimum atomic E-state index is -0.267. The normalized spacial score (nSPS) is 14.0. The van der Waals surface area contributed by atoms with E-state index in [1.807, 2.05) is 24.3 Å². The molecule has 1 aliphatic heterocycles. The van der Waals surface area contributed by atoms with E-state index in [0.717, 1.165) is 0 Å². The van der Waals surface area contributed by atoms with Gasteiger partial charge in [0.25, 0.3) is 11.8 Å². The third-order valence-electron chi connectivity index (χ3n) is 3.07. The van der Waals surface area contributed by atoms with E-state index >= 15 is 0 Å². The molecule has 1 heterocycles. The lowest BCUT2D eigenvalue weighted by Gasteiger charge is -2.10. The second-order valence-electron chi connectivity index (χ2n) is 4.58. The molecular weight excluding hydrogens is 266 g/mol. The summed E-state index contributed by atoms with van der Waals surface area (Å²) in [7, 11) is 0. The minimum Gasteiger partial charge on any atom is -0.308 e. The van der Waals surface area contributed by atoms with Crippen molar-refractivity contribution in [3.05, 3.63) is 66.2 Å². The van der Waals surface area contributed by atoms with Gasteiger partial charge in [0.1, 0.15) is 5.84 Å². The average Bonchev–Trinajstić information content (AvgIpc) is 2.89. The quantitative estimate of drug-likeness (QED) is 0.915. The van der Waals surface area contributed by atoms with Crippen molar-refractivity contribution in [2.24, 2.45) is 5.10 Å². The number of carbonyl (C=O) groups is 2. The first-order valence-electron chi connectivity index (χ1n) is 6.56. The Balaban J connectivity index is 1.76. The molecule has 1 aliphatic rings. The molecule has 0 aliphatic carbocycles. The van der Waals surface area contributed by atoms with Crippen LogP contribution in [0.1, 0.15) is 16.8 Å². The summed E-state index contributed by atoms with van der Waals surface area (Å²) in [5.41, 5.74) is 1.22. The number of anilines is 1. The van der Waals surface area contributed by atoms with Crippen LogP contribution in [-0.4, -0.2) is 17.6 Å². The Hall–Kier alpha value is -2.95. The molecule has 0 atom stereocenters. The van der Waals surface area contributed by atoms with Crippen LogP contribution in [0.2, 0.25) is 0 Å². The van der Waals surface area contributed by atoms with E-state index in [2.05, 4.69) is 10.4 Å². The van der Waals surface area contributed by atoms with E-state index in [1.165, 1.54) is 5.01 Å². The highest BCUT2D eigenvalue weighted by Gasteiger charge is 2.26. The maximum Gasteiger partial charge on any atom is 0.256 e. The van der Waals surface area contributed by atoms with Crippen LogP contribution in [0, 0.1) is 0 Å². The fourth-order valence-electron chi connectivity index (χ4n) is 2.06. The Morgan fingerprint density at radius 3 is 2.29 bits per heavy atom. The Bertz CT molecular complexity index is 696. The second-order valence-corrected chi connectivity index (χ2v) is 4.58. The van der Waals surface area contributed by atoms with Crippen molar-refractivity contribution < 1.29 is 9.59 Å². The van der Waals surface area contributed by atoms with Gasteiger partial charge in [0, 0.05) is 5.56 Å². The molecule has 2 aromatic rings. The Morgan fingerprint density at radius 1 is 1.00 bits per heavy atom. The molecule has 2 aromatic carbocycles. The highest BCUT2D eigenvalue weighted by Crippen LogP contribution is 2.19. The molecule has 5 heteroatoms. The molecule has 0 radical (unpaired) electrons. The van der Waals surface area contributed by atoms with Crippen molar-refractivity contribution in [2.45, 2.75) is 6.42 Å². The van der Waals surface area contributed by atoms with Gasteiger partial charge in [-0.05, 0) is 24.3 Å². The second kappa shape index (κ2) is 5.58. The molecule has 2 amide bonds. The zero-order chi connectivity index (χ0) is 14.7. The van der Waals surface area contributed by atoms with Gasteiger partial charge in [0.2, 0.25) is 0 Å². The summed E-state index contributed by atoms with van der Waals surface area (Å²) in [5, 5.41) is 8.15. The van der Waals surface area contributed by atoms with Crippen LogP contribution in [-0.2, 0) is 4.79 Å². The van der Waals surface area contributed by atoms with Gasteiger partial charge in [0.15, 0.2) is 0 Å². The topological polar surface area (TPSA) is 61.8 Å². The van der Waals surface area contributed by atoms with E-state index < -0.39 is 0 Å². The molecule has 0 saturated carbocycles. The monoisotopic (exact) mass is 279 g/mol. The van der Waals surface area contributed by atoms with E-state index in [9.17, 15) is 9.59 Å². The third-order valence-corrected chi connectivity index (χ3v) is 3.07. The minimum absolute atomic E-state index is 0.0907. The summed E-state index contributed by atoms with van der Waals surface area (Å²) >= 11 is 0. The molecule has 104 valence electrons. The number of nitrogens with one attached hydrogen (secondary N) is 1. The predicted molar refractivity (Wildman–Crippen MR) is 79.9 cm³/mol. The number of hydrazone groups is 1. The Labute approximate surface area is 121 Å². The molecule has 21 heavy (non-hydrogen) atoms. The van der Waals surface area contributed by atoms with Crippen LogP contribution in [0.5, 0.6) is 0 Å². The molecular formula is C16H13N3O2. The summed E-state index contributed by atoms with van der Waals surface area (Å²) in [6, 6.07) is 17.9. The summed E-state index contributed by atoms with van der Waals surface area (Å²) in [6.07, 6.45) is 0.0907. The first kappa shape index (κ1) is 13.1. The van der Waals surface area contributed by atoms with Gasteiger partial charge in [-0.15, -0.1) is 0 Å². The van der Waals surface area contributed by atoms with Gasteiger partial charge in [-0.3, -0.25) is 9.59 Å². The lowest BCUT2D eigenvalue weighted by molar-refractivity contribution is -0.116.